The van der Waals surface area contributed by atoms with Crippen LogP contribution in [0.3, 0.4) is 0 Å². The Kier molecular flexibility index (Phi) is 23.0. The average Bonchev–Trinajstić information content (AvgIpc) is 2.85. The second-order valence-corrected chi connectivity index (χ2v) is 9.88. The van der Waals surface area contributed by atoms with E-state index in [0.717, 1.165) is 57.8 Å². The van der Waals surface area contributed by atoms with Gasteiger partial charge in [0.2, 0.25) is 0 Å². The molecule has 0 aliphatic heterocycles. The molecule has 0 amide bonds. The highest BCUT2D eigenvalue weighted by molar-refractivity contribution is 7.46. The van der Waals surface area contributed by atoms with Gasteiger partial charge < -0.3 is 19.3 Å². The normalized spacial score (nSPS) is 13.3. The van der Waals surface area contributed by atoms with Gasteiger partial charge in [0.15, 0.2) is 6.10 Å². The fraction of sp³-hybridized carbons (Fsp3) is 0.643. The molecule has 0 rings (SSSR count). The first-order valence-electron chi connectivity index (χ1n) is 13.4. The van der Waals surface area contributed by atoms with Crippen LogP contribution in [0, 0.1) is 0 Å². The third kappa shape index (κ3) is 26.9. The molecule has 0 aliphatic rings. The van der Waals surface area contributed by atoms with Crippen molar-refractivity contribution in [3.05, 3.63) is 48.6 Å². The molecule has 0 aromatic heterocycles. The van der Waals surface area contributed by atoms with Gasteiger partial charge >= 0.3 is 19.8 Å². The SMILES string of the molecule is CC/C=C\C/C=C\C/C=C\C/C=C\CCCCCCC(=O)OC(COC(=O)CCCC)COP(=O)(O)O. The molecule has 0 saturated carbocycles. The topological polar surface area (TPSA) is 119 Å². The van der Waals surface area contributed by atoms with Gasteiger partial charge in [0.25, 0.3) is 0 Å². The molecular formula is C28H47O8P. The summed E-state index contributed by atoms with van der Waals surface area (Å²) in [5, 5.41) is 0. The molecule has 0 bridgehead atoms. The number of carbonyl (C=O) groups excluding carboxylic acids is 2. The van der Waals surface area contributed by atoms with Crippen LogP contribution in [-0.4, -0.2) is 41.0 Å². The van der Waals surface area contributed by atoms with Crippen molar-refractivity contribution >= 4 is 19.8 Å². The lowest BCUT2D eigenvalue weighted by Crippen LogP contribution is -2.29. The Balaban J connectivity index is 3.99. The zero-order valence-electron chi connectivity index (χ0n) is 22.6. The van der Waals surface area contributed by atoms with Crippen molar-refractivity contribution in [1.29, 1.82) is 0 Å². The van der Waals surface area contributed by atoms with Crippen molar-refractivity contribution < 1.29 is 37.9 Å². The Labute approximate surface area is 223 Å². The minimum atomic E-state index is -4.73. The zero-order valence-corrected chi connectivity index (χ0v) is 23.5. The smallest absolute Gasteiger partial charge is 0.462 e. The van der Waals surface area contributed by atoms with E-state index in [0.29, 0.717) is 12.8 Å². The molecule has 37 heavy (non-hydrogen) atoms. The van der Waals surface area contributed by atoms with E-state index in [1.165, 1.54) is 0 Å². The summed E-state index contributed by atoms with van der Waals surface area (Å²) in [6.07, 6.45) is 26.7. The van der Waals surface area contributed by atoms with Crippen LogP contribution < -0.4 is 0 Å². The predicted molar refractivity (Wildman–Crippen MR) is 147 cm³/mol. The molecule has 0 heterocycles. The van der Waals surface area contributed by atoms with Crippen molar-refractivity contribution in [2.24, 2.45) is 0 Å². The van der Waals surface area contributed by atoms with E-state index in [4.69, 9.17) is 19.3 Å². The maximum absolute atomic E-state index is 12.1. The maximum atomic E-state index is 12.1. The van der Waals surface area contributed by atoms with E-state index in [-0.39, 0.29) is 19.4 Å². The fourth-order valence-corrected chi connectivity index (χ4v) is 3.46. The quantitative estimate of drug-likeness (QED) is 0.0620. The number of carbonyl (C=O) groups is 2. The summed E-state index contributed by atoms with van der Waals surface area (Å²) in [4.78, 5) is 41.6. The van der Waals surface area contributed by atoms with Crippen molar-refractivity contribution in [1.82, 2.24) is 0 Å². The molecule has 2 N–H and O–H groups in total. The average molecular weight is 543 g/mol. The van der Waals surface area contributed by atoms with Gasteiger partial charge in [0.1, 0.15) is 6.61 Å². The third-order valence-corrected chi connectivity index (χ3v) is 5.60. The number of phosphoric acid groups is 1. The van der Waals surface area contributed by atoms with Gasteiger partial charge in [0.05, 0.1) is 6.61 Å². The number of allylic oxidation sites excluding steroid dienone is 8. The number of phosphoric ester groups is 1. The Bertz CT molecular complexity index is 751. The second-order valence-electron chi connectivity index (χ2n) is 8.64. The number of rotatable bonds is 23. The molecule has 0 saturated heterocycles. The standard InChI is InChI=1S/C28H47O8P/c1-3-5-7-8-9-10-11-12-13-14-15-16-17-18-19-20-21-23-28(30)36-26(25-35-37(31,32)33)24-34-27(29)22-6-4-2/h5,7,9-10,12-13,15-16,26H,3-4,6,8,11,14,17-25H2,1-2H3,(H2,31,32,33)/b7-5-,10-9-,13-12-,16-15-. The van der Waals surface area contributed by atoms with Crippen molar-refractivity contribution in [3.63, 3.8) is 0 Å². The molecule has 212 valence electrons. The molecule has 0 aromatic carbocycles. The Hall–Kier alpha value is -1.99. The lowest BCUT2D eigenvalue weighted by Gasteiger charge is -2.18. The predicted octanol–water partition coefficient (Wildman–Crippen LogP) is 6.89. The lowest BCUT2D eigenvalue weighted by molar-refractivity contribution is -0.161. The molecule has 1 unspecified atom stereocenters. The summed E-state index contributed by atoms with van der Waals surface area (Å²) in [5.74, 6) is -0.963. The number of unbranched alkanes of at least 4 members (excludes halogenated alkanes) is 5. The van der Waals surface area contributed by atoms with Crippen LogP contribution in [0.4, 0.5) is 0 Å². The molecule has 8 nitrogen and oxygen atoms in total. The van der Waals surface area contributed by atoms with Gasteiger partial charge in [-0.15, -0.1) is 0 Å². The first-order chi connectivity index (χ1) is 17.8. The molecule has 9 heteroatoms. The highest BCUT2D eigenvalue weighted by Gasteiger charge is 2.22. The van der Waals surface area contributed by atoms with Crippen molar-refractivity contribution in [2.45, 2.75) is 103 Å². The molecule has 0 aromatic rings. The summed E-state index contributed by atoms with van der Waals surface area (Å²) in [5.41, 5.74) is 0. The van der Waals surface area contributed by atoms with Gasteiger partial charge in [-0.3, -0.25) is 14.1 Å². The molecular weight excluding hydrogens is 495 g/mol. The van der Waals surface area contributed by atoms with E-state index in [1.54, 1.807) is 0 Å². The van der Waals surface area contributed by atoms with E-state index in [9.17, 15) is 14.2 Å². The van der Waals surface area contributed by atoms with E-state index in [1.807, 2.05) is 6.92 Å². The maximum Gasteiger partial charge on any atom is 0.469 e. The summed E-state index contributed by atoms with van der Waals surface area (Å²) >= 11 is 0. The van der Waals surface area contributed by atoms with Crippen LogP contribution in [-0.2, 0) is 28.2 Å². The first kappa shape index (κ1) is 35.0. The van der Waals surface area contributed by atoms with E-state index in [2.05, 4.69) is 60.1 Å². The van der Waals surface area contributed by atoms with Crippen LogP contribution in [0.25, 0.3) is 0 Å². The largest absolute Gasteiger partial charge is 0.469 e. The number of hydrogen-bond acceptors (Lipinski definition) is 6. The van der Waals surface area contributed by atoms with Crippen LogP contribution in [0.2, 0.25) is 0 Å². The summed E-state index contributed by atoms with van der Waals surface area (Å²) < 4.78 is 25.7. The van der Waals surface area contributed by atoms with Gasteiger partial charge in [0, 0.05) is 12.8 Å². The Morgan fingerprint density at radius 1 is 0.730 bits per heavy atom. The van der Waals surface area contributed by atoms with Crippen LogP contribution in [0.15, 0.2) is 48.6 Å². The van der Waals surface area contributed by atoms with Gasteiger partial charge in [-0.1, -0.05) is 81.7 Å². The van der Waals surface area contributed by atoms with Crippen LogP contribution in [0.1, 0.15) is 97.3 Å². The molecule has 0 radical (unpaired) electrons. The van der Waals surface area contributed by atoms with Crippen LogP contribution >= 0.6 is 7.82 Å². The summed E-state index contributed by atoms with van der Waals surface area (Å²) in [6.45, 7) is 3.22. The zero-order chi connectivity index (χ0) is 27.6. The van der Waals surface area contributed by atoms with Gasteiger partial charge in [-0.05, 0) is 51.4 Å². The number of ether oxygens (including phenoxy) is 2. The third-order valence-electron chi connectivity index (χ3n) is 5.11. The number of hydrogen-bond donors (Lipinski definition) is 2. The lowest BCUT2D eigenvalue weighted by atomic mass is 10.1. The molecule has 0 fully saturated rings. The van der Waals surface area contributed by atoms with Crippen LogP contribution in [0.5, 0.6) is 0 Å². The van der Waals surface area contributed by atoms with E-state index < -0.39 is 32.5 Å². The fourth-order valence-electron chi connectivity index (χ4n) is 3.10. The monoisotopic (exact) mass is 542 g/mol. The van der Waals surface area contributed by atoms with Gasteiger partial charge in [-0.2, -0.15) is 0 Å². The first-order valence-corrected chi connectivity index (χ1v) is 15.0. The summed E-state index contributed by atoms with van der Waals surface area (Å²) in [7, 11) is -4.73. The van der Waals surface area contributed by atoms with Crippen molar-refractivity contribution in [2.75, 3.05) is 13.2 Å². The summed E-state index contributed by atoms with van der Waals surface area (Å²) in [6, 6.07) is 0. The number of esters is 2. The molecule has 0 aliphatic carbocycles. The molecule has 1 atom stereocenters. The Morgan fingerprint density at radius 3 is 1.89 bits per heavy atom. The highest BCUT2D eigenvalue weighted by Crippen LogP contribution is 2.35. The minimum absolute atomic E-state index is 0.181. The van der Waals surface area contributed by atoms with Crippen molar-refractivity contribution in [3.8, 4) is 0 Å². The Morgan fingerprint density at radius 2 is 1.30 bits per heavy atom. The van der Waals surface area contributed by atoms with Gasteiger partial charge in [-0.25, -0.2) is 4.57 Å². The van der Waals surface area contributed by atoms with E-state index >= 15 is 0 Å². The highest BCUT2D eigenvalue weighted by atomic mass is 31.2. The minimum Gasteiger partial charge on any atom is -0.462 e. The second kappa shape index (κ2) is 24.4. The molecule has 0 spiro atoms.